The van der Waals surface area contributed by atoms with Gasteiger partial charge < -0.3 is 29.2 Å². The summed E-state index contributed by atoms with van der Waals surface area (Å²) >= 11 is 0. The van der Waals surface area contributed by atoms with Gasteiger partial charge in [-0.05, 0) is 56.3 Å². The molecule has 1 aliphatic heterocycles. The van der Waals surface area contributed by atoms with Crippen LogP contribution >= 0.6 is 0 Å². The lowest BCUT2D eigenvalue weighted by atomic mass is 9.67. The van der Waals surface area contributed by atoms with Gasteiger partial charge in [-0.15, -0.1) is 0 Å². The largest absolute Gasteiger partial charge is 0.494 e. The summed E-state index contributed by atoms with van der Waals surface area (Å²) in [6, 6.07) is 18.0. The van der Waals surface area contributed by atoms with E-state index < -0.39 is 56.0 Å². The lowest BCUT2D eigenvalue weighted by molar-refractivity contribution is -0.140. The first-order valence-corrected chi connectivity index (χ1v) is 19.3. The molecule has 4 rings (SSSR count). The second kappa shape index (κ2) is 13.7. The van der Waals surface area contributed by atoms with E-state index in [1.54, 1.807) is 0 Å². The van der Waals surface area contributed by atoms with Crippen LogP contribution in [-0.2, 0) is 36.8 Å². The van der Waals surface area contributed by atoms with E-state index in [1.807, 2.05) is 101 Å². The summed E-state index contributed by atoms with van der Waals surface area (Å²) in [4.78, 5) is 25.5. The van der Waals surface area contributed by atoms with Gasteiger partial charge in [0.2, 0.25) is 0 Å². The van der Waals surface area contributed by atoms with Crippen LogP contribution in [-0.4, -0.2) is 55.2 Å². The van der Waals surface area contributed by atoms with E-state index in [2.05, 4.69) is 38.0 Å². The summed E-state index contributed by atoms with van der Waals surface area (Å²) in [6.45, 7) is 17.5. The van der Waals surface area contributed by atoms with Crippen molar-refractivity contribution in [1.29, 1.82) is 0 Å². The van der Waals surface area contributed by atoms with Crippen LogP contribution in [0.15, 0.2) is 84.4 Å². The van der Waals surface area contributed by atoms with E-state index in [9.17, 15) is 14.7 Å². The highest BCUT2D eigenvalue weighted by atomic mass is 28.3. The third-order valence-electron chi connectivity index (χ3n) is 9.63. The number of aliphatic carboxylic acids is 1. The molecule has 0 spiro atoms. The number of carbonyl (C=O) groups excluding carboxylic acids is 1. The van der Waals surface area contributed by atoms with Crippen LogP contribution in [0.3, 0.4) is 0 Å². The molecular weight excluding hydrogens is 585 g/mol. The molecule has 1 aliphatic carbocycles. The lowest BCUT2D eigenvalue weighted by Gasteiger charge is -2.48. The molecule has 8 nitrogen and oxygen atoms in total. The zero-order valence-electron chi connectivity index (χ0n) is 27.8. The molecule has 1 amide bonds. The van der Waals surface area contributed by atoms with E-state index in [-0.39, 0.29) is 18.6 Å². The summed E-state index contributed by atoms with van der Waals surface area (Å²) in [5.74, 6) is -1.58. The van der Waals surface area contributed by atoms with Crippen molar-refractivity contribution in [2.24, 2.45) is 5.92 Å². The highest BCUT2D eigenvalue weighted by Crippen LogP contribution is 2.49. The molecule has 0 radical (unpaired) electrons. The summed E-state index contributed by atoms with van der Waals surface area (Å²) in [6.07, 6.45) is 5.42. The minimum absolute atomic E-state index is 0.0357. The van der Waals surface area contributed by atoms with Gasteiger partial charge >= 0.3 is 19.2 Å². The number of benzene rings is 2. The molecular formula is C35H48BNO7Si. The van der Waals surface area contributed by atoms with Gasteiger partial charge in [-0.3, -0.25) is 0 Å². The van der Waals surface area contributed by atoms with Crippen molar-refractivity contribution in [3.63, 3.8) is 0 Å². The first-order chi connectivity index (χ1) is 21.0. The number of alkyl carbamates (subject to hydrolysis) is 1. The molecule has 45 heavy (non-hydrogen) atoms. The number of rotatable bonds is 12. The third-order valence-corrected chi connectivity index (χ3v) is 12.7. The van der Waals surface area contributed by atoms with Gasteiger partial charge in [0, 0.05) is 5.92 Å². The normalized spacial score (nSPS) is 23.6. The van der Waals surface area contributed by atoms with Gasteiger partial charge in [0.1, 0.15) is 12.6 Å². The summed E-state index contributed by atoms with van der Waals surface area (Å²) in [7, 11) is -2.52. The number of carbonyl (C=O) groups is 2. The number of hydrogen-bond donors (Lipinski definition) is 2. The van der Waals surface area contributed by atoms with Crippen LogP contribution in [0, 0.1) is 5.92 Å². The number of carboxylic acid groups (broad SMARTS) is 1. The highest BCUT2D eigenvalue weighted by molar-refractivity contribution is 6.77. The van der Waals surface area contributed by atoms with Crippen molar-refractivity contribution in [2.75, 3.05) is 0 Å². The zero-order valence-corrected chi connectivity index (χ0v) is 28.8. The fraction of sp³-hybridized carbons (Fsp3) is 0.486. The number of carboxylic acids is 1. The molecule has 1 saturated heterocycles. The Morgan fingerprint density at radius 3 is 1.98 bits per heavy atom. The molecule has 10 heteroatoms. The van der Waals surface area contributed by atoms with Crippen LogP contribution in [0.1, 0.15) is 52.2 Å². The van der Waals surface area contributed by atoms with Crippen molar-refractivity contribution >= 4 is 27.3 Å². The van der Waals surface area contributed by atoms with Crippen LogP contribution in [0.5, 0.6) is 0 Å². The predicted octanol–water partition coefficient (Wildman–Crippen LogP) is 7.18. The van der Waals surface area contributed by atoms with Gasteiger partial charge in [-0.2, -0.15) is 0 Å². The fourth-order valence-corrected chi connectivity index (χ4v) is 7.49. The molecule has 0 aromatic heterocycles. The Morgan fingerprint density at radius 1 is 0.933 bits per heavy atom. The molecule has 1 fully saturated rings. The first-order valence-electron chi connectivity index (χ1n) is 15.7. The molecule has 0 bridgehead atoms. The Kier molecular flexibility index (Phi) is 10.5. The lowest BCUT2D eigenvalue weighted by Crippen LogP contribution is -2.53. The van der Waals surface area contributed by atoms with E-state index in [0.29, 0.717) is 6.61 Å². The Labute approximate surface area is 269 Å². The average Bonchev–Trinajstić information content (AvgIpc) is 3.21. The monoisotopic (exact) mass is 633 g/mol. The molecule has 2 aliphatic rings. The summed E-state index contributed by atoms with van der Waals surface area (Å²) < 4.78 is 25.1. The summed E-state index contributed by atoms with van der Waals surface area (Å²) in [5.41, 5.74) is 0.770. The standard InChI is InChI=1S/C35H48BNO7Si/c1-25(45(6,7)8)35(42-24-27-17-13-10-14-18-27)20-19-29(36-43-33(2,3)34(4,5)44-36)21-28(35)22-30(31(38)39)37-32(40)41-23-26-15-11-9-12-16-26/h9-21,25,28,30H,22-24H2,1-8H3,(H,37,40)(H,38,39)/t25?,28?,30-,35?/m0/s1. The number of amides is 1. The van der Waals surface area contributed by atoms with Crippen molar-refractivity contribution in [3.05, 3.63) is 95.5 Å². The minimum atomic E-state index is -1.89. The van der Waals surface area contributed by atoms with E-state index in [4.69, 9.17) is 18.8 Å². The van der Waals surface area contributed by atoms with E-state index >= 15 is 0 Å². The molecule has 3 unspecified atom stereocenters. The van der Waals surface area contributed by atoms with Gasteiger partial charge in [0.05, 0.1) is 31.5 Å². The van der Waals surface area contributed by atoms with Crippen LogP contribution in [0.25, 0.3) is 0 Å². The SMILES string of the molecule is CC(C1(OCc2ccccc2)C=CC(B2OC(C)(C)C(C)(C)O2)=CC1C[C@H](NC(=O)OCc1ccccc1)C(=O)O)[Si](C)(C)C. The Balaban J connectivity index is 1.68. The van der Waals surface area contributed by atoms with Gasteiger partial charge in [0.15, 0.2) is 0 Å². The predicted molar refractivity (Wildman–Crippen MR) is 179 cm³/mol. The van der Waals surface area contributed by atoms with Crippen LogP contribution < -0.4 is 5.32 Å². The zero-order chi connectivity index (χ0) is 33.0. The first kappa shape index (κ1) is 34.7. The van der Waals surface area contributed by atoms with Crippen molar-refractivity contribution in [2.45, 2.75) is 102 Å². The Bertz CT molecular complexity index is 1370. The van der Waals surface area contributed by atoms with Crippen molar-refractivity contribution < 1.29 is 33.5 Å². The maximum atomic E-state index is 12.9. The quantitative estimate of drug-likeness (QED) is 0.239. The number of allylic oxidation sites excluding steroid dienone is 2. The van der Waals surface area contributed by atoms with Crippen LogP contribution in [0.4, 0.5) is 4.79 Å². The van der Waals surface area contributed by atoms with Gasteiger partial charge in [-0.25, -0.2) is 9.59 Å². The maximum absolute atomic E-state index is 12.9. The number of ether oxygens (including phenoxy) is 2. The van der Waals surface area contributed by atoms with E-state index in [1.165, 1.54) is 0 Å². The molecule has 1 heterocycles. The topological polar surface area (TPSA) is 103 Å². The van der Waals surface area contributed by atoms with Crippen LogP contribution in [0.2, 0.25) is 25.2 Å². The third kappa shape index (κ3) is 8.16. The molecule has 242 valence electrons. The summed E-state index contributed by atoms with van der Waals surface area (Å²) in [5, 5.41) is 13.0. The van der Waals surface area contributed by atoms with Crippen molar-refractivity contribution in [3.8, 4) is 0 Å². The molecule has 4 atom stereocenters. The Morgan fingerprint density at radius 2 is 1.47 bits per heavy atom. The molecule has 2 aromatic carbocycles. The van der Waals surface area contributed by atoms with Crippen molar-refractivity contribution in [1.82, 2.24) is 5.32 Å². The van der Waals surface area contributed by atoms with Gasteiger partial charge in [-0.1, -0.05) is 105 Å². The average molecular weight is 634 g/mol. The smallest absolute Gasteiger partial charge is 0.480 e. The second-order valence-electron chi connectivity index (χ2n) is 14.2. The van der Waals surface area contributed by atoms with Gasteiger partial charge in [0.25, 0.3) is 0 Å². The Hall–Kier alpha value is -3.18. The molecule has 0 saturated carbocycles. The maximum Gasteiger partial charge on any atom is 0.494 e. The molecule has 2 N–H and O–H groups in total. The minimum Gasteiger partial charge on any atom is -0.480 e. The fourth-order valence-electron chi connectivity index (χ4n) is 5.74. The number of hydrogen-bond acceptors (Lipinski definition) is 6. The molecule has 2 aromatic rings. The van der Waals surface area contributed by atoms with E-state index in [0.717, 1.165) is 16.6 Å². The second-order valence-corrected chi connectivity index (χ2v) is 19.8. The highest BCUT2D eigenvalue weighted by Gasteiger charge is 2.55. The number of nitrogens with one attached hydrogen (secondary N) is 1.